The van der Waals surface area contributed by atoms with Crippen LogP contribution >= 0.6 is 0 Å². The molecule has 0 aliphatic rings. The number of hydrogen-bond donors (Lipinski definition) is 1. The van der Waals surface area contributed by atoms with E-state index in [1.165, 1.54) is 13.0 Å². The second-order valence-electron chi connectivity index (χ2n) is 6.18. The van der Waals surface area contributed by atoms with Gasteiger partial charge in [0.1, 0.15) is 17.4 Å². The Hall–Kier alpha value is -2.44. The number of ether oxygens (including phenoxy) is 1. The second kappa shape index (κ2) is 6.13. The molecule has 0 aromatic heterocycles. The molecular formula is C15H20N2O5. The van der Waals surface area contributed by atoms with Gasteiger partial charge in [-0.15, -0.1) is 0 Å². The molecular weight excluding hydrogens is 288 g/mol. The van der Waals surface area contributed by atoms with E-state index in [4.69, 9.17) is 4.74 Å². The van der Waals surface area contributed by atoms with Crippen LogP contribution in [0.3, 0.4) is 0 Å². The second-order valence-corrected chi connectivity index (χ2v) is 6.18. The number of carbonyl (C=O) groups is 2. The van der Waals surface area contributed by atoms with Crippen LogP contribution in [0.15, 0.2) is 18.2 Å². The third kappa shape index (κ3) is 4.03. The zero-order valence-corrected chi connectivity index (χ0v) is 13.3. The molecule has 1 aromatic rings. The van der Waals surface area contributed by atoms with Gasteiger partial charge in [-0.3, -0.25) is 10.1 Å². The van der Waals surface area contributed by atoms with E-state index < -0.39 is 22.2 Å². The standard InChI is InChI=1S/C15H20N2O5/c1-10-7-6-8-11(12(10)17(20)21)15(5,9-18)16-13(19)22-14(2,3)4/h6-9H,1-5H3,(H,16,19). The van der Waals surface area contributed by atoms with Crippen molar-refractivity contribution in [1.82, 2.24) is 5.32 Å². The van der Waals surface area contributed by atoms with E-state index >= 15 is 0 Å². The Morgan fingerprint density at radius 3 is 2.36 bits per heavy atom. The molecule has 0 saturated heterocycles. The zero-order valence-electron chi connectivity index (χ0n) is 13.3. The van der Waals surface area contributed by atoms with E-state index in [1.54, 1.807) is 39.8 Å². The average Bonchev–Trinajstić information content (AvgIpc) is 2.35. The first-order valence-corrected chi connectivity index (χ1v) is 6.72. The topological polar surface area (TPSA) is 98.5 Å². The number of para-hydroxylation sites is 1. The van der Waals surface area contributed by atoms with Crippen LogP contribution in [-0.4, -0.2) is 22.9 Å². The molecule has 7 nitrogen and oxygen atoms in total. The van der Waals surface area contributed by atoms with Crippen molar-refractivity contribution >= 4 is 18.1 Å². The lowest BCUT2D eigenvalue weighted by Crippen LogP contribution is -2.47. The van der Waals surface area contributed by atoms with Gasteiger partial charge in [0.15, 0.2) is 0 Å². The number of amides is 1. The molecule has 120 valence electrons. The number of aryl methyl sites for hydroxylation is 1. The molecule has 0 saturated carbocycles. The summed E-state index contributed by atoms with van der Waals surface area (Å²) in [6.07, 6.45) is -0.364. The molecule has 0 spiro atoms. The minimum Gasteiger partial charge on any atom is -0.444 e. The van der Waals surface area contributed by atoms with E-state index in [9.17, 15) is 19.7 Å². The highest BCUT2D eigenvalue weighted by Crippen LogP contribution is 2.31. The quantitative estimate of drug-likeness (QED) is 0.524. The van der Waals surface area contributed by atoms with Crippen LogP contribution in [0, 0.1) is 17.0 Å². The van der Waals surface area contributed by atoms with Gasteiger partial charge in [-0.05, 0) is 40.7 Å². The Morgan fingerprint density at radius 2 is 1.91 bits per heavy atom. The van der Waals surface area contributed by atoms with Gasteiger partial charge in [0.25, 0.3) is 5.69 Å². The van der Waals surface area contributed by atoms with E-state index in [0.717, 1.165) is 0 Å². The van der Waals surface area contributed by atoms with Crippen molar-refractivity contribution in [3.63, 3.8) is 0 Å². The third-order valence-corrected chi connectivity index (χ3v) is 2.98. The van der Waals surface area contributed by atoms with Crippen molar-refractivity contribution in [3.05, 3.63) is 39.4 Å². The fourth-order valence-electron chi connectivity index (χ4n) is 2.00. The van der Waals surface area contributed by atoms with Crippen molar-refractivity contribution in [1.29, 1.82) is 0 Å². The molecule has 0 heterocycles. The molecule has 0 aliphatic heterocycles. The average molecular weight is 308 g/mol. The minimum absolute atomic E-state index is 0.110. The number of benzene rings is 1. The maximum Gasteiger partial charge on any atom is 0.408 e. The number of nitro benzene ring substituents is 1. The van der Waals surface area contributed by atoms with Gasteiger partial charge in [0.05, 0.1) is 10.5 Å². The molecule has 1 rings (SSSR count). The Labute approximate surface area is 128 Å². The lowest BCUT2D eigenvalue weighted by molar-refractivity contribution is -0.386. The third-order valence-electron chi connectivity index (χ3n) is 2.98. The smallest absolute Gasteiger partial charge is 0.408 e. The number of rotatable bonds is 4. The van der Waals surface area contributed by atoms with E-state index in [0.29, 0.717) is 11.8 Å². The molecule has 1 aromatic carbocycles. The molecule has 1 atom stereocenters. The Bertz CT molecular complexity index is 606. The lowest BCUT2D eigenvalue weighted by atomic mass is 9.90. The molecule has 1 amide bonds. The van der Waals surface area contributed by atoms with Crippen LogP contribution in [0.4, 0.5) is 10.5 Å². The van der Waals surface area contributed by atoms with Crippen molar-refractivity contribution in [2.24, 2.45) is 0 Å². The maximum atomic E-state index is 11.9. The fourth-order valence-corrected chi connectivity index (χ4v) is 2.00. The van der Waals surface area contributed by atoms with Gasteiger partial charge in [-0.1, -0.05) is 12.1 Å². The molecule has 0 radical (unpaired) electrons. The number of carbonyl (C=O) groups excluding carboxylic acids is 2. The van der Waals surface area contributed by atoms with Crippen LogP contribution in [0.2, 0.25) is 0 Å². The number of alkyl carbamates (subject to hydrolysis) is 1. The number of nitrogens with zero attached hydrogens (tertiary/aromatic N) is 1. The Morgan fingerprint density at radius 1 is 1.32 bits per heavy atom. The summed E-state index contributed by atoms with van der Waals surface area (Å²) in [6.45, 7) is 8.01. The molecule has 22 heavy (non-hydrogen) atoms. The molecule has 7 heteroatoms. The van der Waals surface area contributed by atoms with Gasteiger partial charge in [0, 0.05) is 5.56 Å². The molecule has 0 aliphatic carbocycles. The summed E-state index contributed by atoms with van der Waals surface area (Å²) in [6, 6.07) is 4.60. The Balaban J connectivity index is 3.25. The molecule has 0 fully saturated rings. The lowest BCUT2D eigenvalue weighted by Gasteiger charge is -2.27. The molecule has 0 bridgehead atoms. The number of nitrogens with one attached hydrogen (secondary N) is 1. The van der Waals surface area contributed by atoms with E-state index in [-0.39, 0.29) is 11.3 Å². The van der Waals surface area contributed by atoms with Crippen molar-refractivity contribution < 1.29 is 19.2 Å². The van der Waals surface area contributed by atoms with Gasteiger partial charge in [-0.2, -0.15) is 0 Å². The van der Waals surface area contributed by atoms with Crippen molar-refractivity contribution in [2.45, 2.75) is 45.8 Å². The first-order valence-electron chi connectivity index (χ1n) is 6.72. The Kier molecular flexibility index (Phi) is 4.91. The summed E-state index contributed by atoms with van der Waals surface area (Å²) in [5.41, 5.74) is -1.99. The molecule has 1 N–H and O–H groups in total. The minimum atomic E-state index is -1.56. The van der Waals surface area contributed by atoms with Gasteiger partial charge >= 0.3 is 6.09 Å². The summed E-state index contributed by atoms with van der Waals surface area (Å²) < 4.78 is 5.11. The number of nitro groups is 1. The highest BCUT2D eigenvalue weighted by molar-refractivity contribution is 5.79. The highest BCUT2D eigenvalue weighted by atomic mass is 16.6. The normalized spacial score (nSPS) is 13.9. The maximum absolute atomic E-state index is 11.9. The SMILES string of the molecule is Cc1cccc(C(C)(C=O)NC(=O)OC(C)(C)C)c1[N+](=O)[O-]. The largest absolute Gasteiger partial charge is 0.444 e. The van der Waals surface area contributed by atoms with Crippen LogP contribution in [0.5, 0.6) is 0 Å². The summed E-state index contributed by atoms with van der Waals surface area (Å²) >= 11 is 0. The van der Waals surface area contributed by atoms with E-state index in [2.05, 4.69) is 5.32 Å². The summed E-state index contributed by atoms with van der Waals surface area (Å²) in [5.74, 6) is 0. The van der Waals surface area contributed by atoms with Crippen molar-refractivity contribution in [3.8, 4) is 0 Å². The summed E-state index contributed by atoms with van der Waals surface area (Å²) in [7, 11) is 0. The first-order chi connectivity index (χ1) is 10.00. The summed E-state index contributed by atoms with van der Waals surface area (Å²) in [4.78, 5) is 34.1. The first kappa shape index (κ1) is 17.6. The highest BCUT2D eigenvalue weighted by Gasteiger charge is 2.36. The predicted molar refractivity (Wildman–Crippen MR) is 80.6 cm³/mol. The van der Waals surface area contributed by atoms with Crippen LogP contribution in [0.25, 0.3) is 0 Å². The number of hydrogen-bond acceptors (Lipinski definition) is 5. The number of aldehydes is 1. The van der Waals surface area contributed by atoms with Gasteiger partial charge in [-0.25, -0.2) is 4.79 Å². The van der Waals surface area contributed by atoms with Crippen LogP contribution < -0.4 is 5.32 Å². The summed E-state index contributed by atoms with van der Waals surface area (Å²) in [5, 5.41) is 13.7. The van der Waals surface area contributed by atoms with Crippen LogP contribution in [-0.2, 0) is 15.1 Å². The fraction of sp³-hybridized carbons (Fsp3) is 0.467. The van der Waals surface area contributed by atoms with Crippen molar-refractivity contribution in [2.75, 3.05) is 0 Å². The zero-order chi connectivity index (χ0) is 17.1. The molecule has 1 unspecified atom stereocenters. The monoisotopic (exact) mass is 308 g/mol. The van der Waals surface area contributed by atoms with Crippen LogP contribution in [0.1, 0.15) is 38.8 Å². The van der Waals surface area contributed by atoms with Gasteiger partial charge in [0.2, 0.25) is 0 Å². The predicted octanol–water partition coefficient (Wildman–Crippen LogP) is 2.84. The van der Waals surface area contributed by atoms with Gasteiger partial charge < -0.3 is 14.8 Å². The van der Waals surface area contributed by atoms with E-state index in [1.807, 2.05) is 0 Å².